The molecule has 4 rings (SSSR count). The molecule has 1 aliphatic carbocycles. The summed E-state index contributed by atoms with van der Waals surface area (Å²) in [7, 11) is 2.93. The number of aryl methyl sites for hydroxylation is 1. The van der Waals surface area contributed by atoms with Crippen LogP contribution in [-0.4, -0.2) is 88.5 Å². The van der Waals surface area contributed by atoms with Gasteiger partial charge in [0.2, 0.25) is 11.6 Å². The van der Waals surface area contributed by atoms with Crippen molar-refractivity contribution in [2.24, 2.45) is 11.8 Å². The van der Waals surface area contributed by atoms with E-state index in [-0.39, 0.29) is 53.5 Å². The molecular formula is C38H46N6O9. The maximum absolute atomic E-state index is 14.0. The lowest BCUT2D eigenvalue weighted by molar-refractivity contribution is -0.138. The monoisotopic (exact) mass is 730 g/mol. The van der Waals surface area contributed by atoms with Crippen molar-refractivity contribution in [1.82, 2.24) is 31.1 Å². The summed E-state index contributed by atoms with van der Waals surface area (Å²) in [6.07, 6.45) is 5.30. The average molecular weight is 731 g/mol. The number of aliphatic hydroxyl groups is 1. The molecule has 4 N–H and O–H groups in total. The van der Waals surface area contributed by atoms with Crippen molar-refractivity contribution in [1.29, 1.82) is 0 Å². The van der Waals surface area contributed by atoms with Crippen LogP contribution in [0.1, 0.15) is 56.7 Å². The number of nitrogens with one attached hydrogen (secondary N) is 3. The topological polar surface area (TPSA) is 200 Å². The van der Waals surface area contributed by atoms with Gasteiger partial charge < -0.3 is 30.1 Å². The molecule has 2 aromatic rings. The molecule has 0 saturated heterocycles. The number of aliphatic hydroxyl groups excluding tert-OH is 1. The molecule has 1 aliphatic heterocycles. The Labute approximate surface area is 307 Å². The zero-order valence-electron chi connectivity index (χ0n) is 30.8. The summed E-state index contributed by atoms with van der Waals surface area (Å²) in [6.45, 7) is 8.79. The molecule has 2 heterocycles. The number of hydroxylamine groups is 1. The molecule has 0 spiro atoms. The minimum Gasteiger partial charge on any atom is -0.390 e. The van der Waals surface area contributed by atoms with Gasteiger partial charge in [0.15, 0.2) is 5.69 Å². The van der Waals surface area contributed by atoms with E-state index in [2.05, 4.69) is 26.3 Å². The predicted molar refractivity (Wildman–Crippen MR) is 193 cm³/mol. The first kappa shape index (κ1) is 40.4. The molecule has 15 heteroatoms. The van der Waals surface area contributed by atoms with Gasteiger partial charge in [0.1, 0.15) is 0 Å². The molecule has 2 amide bonds. The fraction of sp³-hybridized carbons (Fsp3) is 0.395. The quantitative estimate of drug-likeness (QED) is 0.134. The van der Waals surface area contributed by atoms with Crippen LogP contribution in [0.4, 0.5) is 0 Å². The molecule has 0 unspecified atom stereocenters. The minimum absolute atomic E-state index is 0.0129. The molecule has 0 fully saturated rings. The van der Waals surface area contributed by atoms with E-state index >= 15 is 0 Å². The number of hydrogen-bond donors (Lipinski definition) is 4. The number of hydrogen-bond acceptors (Lipinski definition) is 12. The third-order valence-corrected chi connectivity index (χ3v) is 9.09. The highest BCUT2D eigenvalue weighted by Crippen LogP contribution is 2.29. The third-order valence-electron chi connectivity index (χ3n) is 9.09. The van der Waals surface area contributed by atoms with Crippen LogP contribution in [0.3, 0.4) is 0 Å². The zero-order chi connectivity index (χ0) is 38.8. The van der Waals surface area contributed by atoms with E-state index in [1.807, 2.05) is 19.1 Å². The van der Waals surface area contributed by atoms with Crippen LogP contribution in [0.2, 0.25) is 0 Å². The van der Waals surface area contributed by atoms with Gasteiger partial charge in [-0.25, -0.2) is 0 Å². The molecule has 0 saturated carbocycles. The Morgan fingerprint density at radius 2 is 1.77 bits per heavy atom. The van der Waals surface area contributed by atoms with Gasteiger partial charge in [0.25, 0.3) is 11.8 Å². The Balaban J connectivity index is 1.74. The number of nitrogens with zero attached hydrogens (tertiary/aromatic N) is 3. The first-order valence-corrected chi connectivity index (χ1v) is 17.1. The molecule has 53 heavy (non-hydrogen) atoms. The average Bonchev–Trinajstić information content (AvgIpc) is 3.54. The predicted octanol–water partition coefficient (Wildman–Crippen LogP) is 2.66. The van der Waals surface area contributed by atoms with Gasteiger partial charge in [-0.15, -0.1) is 10.6 Å². The summed E-state index contributed by atoms with van der Waals surface area (Å²) in [4.78, 5) is 71.8. The van der Waals surface area contributed by atoms with E-state index in [9.17, 15) is 29.1 Å². The van der Waals surface area contributed by atoms with Crippen molar-refractivity contribution in [2.75, 3.05) is 14.2 Å². The van der Waals surface area contributed by atoms with Crippen LogP contribution in [0.25, 0.3) is 5.69 Å². The number of methoxy groups -OCH3 is 2. The summed E-state index contributed by atoms with van der Waals surface area (Å²) in [5.74, 6) is -3.58. The lowest BCUT2D eigenvalue weighted by Crippen LogP contribution is -2.41. The Bertz CT molecular complexity index is 1860. The van der Waals surface area contributed by atoms with Crippen molar-refractivity contribution in [3.05, 3.63) is 100 Å². The van der Waals surface area contributed by atoms with E-state index < -0.39 is 53.7 Å². The third kappa shape index (κ3) is 9.96. The number of ketones is 2. The van der Waals surface area contributed by atoms with Crippen molar-refractivity contribution in [3.63, 3.8) is 0 Å². The highest BCUT2D eigenvalue weighted by molar-refractivity contribution is 6.24. The second-order valence-electron chi connectivity index (χ2n) is 13.1. The Kier molecular flexibility index (Phi) is 14.0. The Hall–Kier alpha value is -5.35. The number of benzene rings is 1. The molecular weight excluding hydrogens is 684 g/mol. The standard InChI is InChI=1S/C38H46N6O9/c1-21-16-27-34(40-38(50)33-25(5)41-44(42-33)26-13-9-8-10-14-26)29(46)19-28(36(27)48)39-37(49)22(2)12-11-15-30(51-6)32(43-53-20-45)23(3)18-24(4)35(47)31(17-21)52-7/h8-15,18-21,24,30-32,35,43,47H,16-17H2,1-7H3,(H,39,49)(H,40,50)/b15-11-,22-12+,23-18+/t21-,24+,30+,31+,32+,35-/m1/s1. The highest BCUT2D eigenvalue weighted by atomic mass is 16.7. The van der Waals surface area contributed by atoms with Crippen LogP contribution in [0.5, 0.6) is 0 Å². The van der Waals surface area contributed by atoms with Crippen LogP contribution in [0.15, 0.2) is 88.8 Å². The van der Waals surface area contributed by atoms with Gasteiger partial charge in [-0.2, -0.15) is 9.90 Å². The first-order valence-electron chi connectivity index (χ1n) is 17.1. The molecule has 1 aromatic heterocycles. The Morgan fingerprint density at radius 1 is 1.06 bits per heavy atom. The van der Waals surface area contributed by atoms with E-state index in [1.165, 1.54) is 32.0 Å². The number of amides is 2. The molecule has 1 aromatic carbocycles. The molecule has 2 bridgehead atoms. The second kappa shape index (κ2) is 18.4. The normalized spacial score (nSPS) is 27.5. The highest BCUT2D eigenvalue weighted by Gasteiger charge is 2.34. The SMILES string of the molecule is CO[C@H]1/C=C\C=C(/C)C(=O)NC2=CC(=O)C(NC(=O)c3nn(-c4ccccc4)nc3C)=C(C[C@@H](C)C[C@H](OC)[C@H](O)[C@@H](C)/C=C(\C)[C@@H]1NOC=O)C2=O. The lowest BCUT2D eigenvalue weighted by Gasteiger charge is -2.30. The second-order valence-corrected chi connectivity index (χ2v) is 13.1. The lowest BCUT2D eigenvalue weighted by atomic mass is 9.85. The number of Topliss-reactive ketones (excluding diaryl/α,β-unsaturated/α-hetero) is 1. The summed E-state index contributed by atoms with van der Waals surface area (Å²) >= 11 is 0. The number of carbonyl (C=O) groups excluding carboxylic acids is 5. The van der Waals surface area contributed by atoms with Gasteiger partial charge in [-0.3, -0.25) is 24.0 Å². The number of allylic oxidation sites excluding steroid dienone is 4. The fourth-order valence-electron chi connectivity index (χ4n) is 6.17. The van der Waals surface area contributed by atoms with Crippen LogP contribution < -0.4 is 16.1 Å². The Morgan fingerprint density at radius 3 is 2.43 bits per heavy atom. The summed E-state index contributed by atoms with van der Waals surface area (Å²) in [6, 6.07) is 8.30. The first-order chi connectivity index (χ1) is 25.3. The minimum atomic E-state index is -1.02. The summed E-state index contributed by atoms with van der Waals surface area (Å²) in [5, 5.41) is 25.2. The molecule has 15 nitrogen and oxygen atoms in total. The van der Waals surface area contributed by atoms with E-state index in [1.54, 1.807) is 57.2 Å². The van der Waals surface area contributed by atoms with Gasteiger partial charge >= 0.3 is 6.47 Å². The summed E-state index contributed by atoms with van der Waals surface area (Å²) < 4.78 is 11.4. The molecule has 2 aliphatic rings. The van der Waals surface area contributed by atoms with E-state index in [0.717, 1.165) is 6.08 Å². The maximum Gasteiger partial charge on any atom is 0.312 e. The molecule has 6 atom stereocenters. The van der Waals surface area contributed by atoms with Crippen LogP contribution in [-0.2, 0) is 33.5 Å². The number of carbonyl (C=O) groups is 5. The van der Waals surface area contributed by atoms with E-state index in [4.69, 9.17) is 14.3 Å². The molecule has 0 radical (unpaired) electrons. The van der Waals surface area contributed by atoms with Crippen molar-refractivity contribution in [2.45, 2.75) is 71.8 Å². The number of rotatable bonds is 8. The van der Waals surface area contributed by atoms with Crippen molar-refractivity contribution >= 4 is 29.9 Å². The largest absolute Gasteiger partial charge is 0.390 e. The van der Waals surface area contributed by atoms with Gasteiger partial charge in [0.05, 0.1) is 47.1 Å². The van der Waals surface area contributed by atoms with Crippen molar-refractivity contribution in [3.8, 4) is 5.69 Å². The van der Waals surface area contributed by atoms with Crippen LogP contribution in [0, 0.1) is 18.8 Å². The number of ether oxygens (including phenoxy) is 2. The van der Waals surface area contributed by atoms with Gasteiger partial charge in [-0.1, -0.05) is 61.9 Å². The number of aromatic nitrogens is 3. The van der Waals surface area contributed by atoms with Gasteiger partial charge in [0, 0.05) is 37.4 Å². The van der Waals surface area contributed by atoms with Gasteiger partial charge in [-0.05, 0) is 51.7 Å². The maximum atomic E-state index is 14.0. The van der Waals surface area contributed by atoms with Crippen molar-refractivity contribution < 1.29 is 43.4 Å². The smallest absolute Gasteiger partial charge is 0.312 e. The number of fused-ring (bicyclic) bond motifs is 2. The fourth-order valence-corrected chi connectivity index (χ4v) is 6.17. The van der Waals surface area contributed by atoms with E-state index in [0.29, 0.717) is 17.0 Å². The zero-order valence-corrected chi connectivity index (χ0v) is 30.8. The summed E-state index contributed by atoms with van der Waals surface area (Å²) in [5.41, 5.74) is 3.88. The molecule has 282 valence electrons. The van der Waals surface area contributed by atoms with Crippen LogP contribution >= 0.6 is 0 Å². The number of para-hydroxylation sites is 1.